The summed E-state index contributed by atoms with van der Waals surface area (Å²) in [4.78, 5) is 16.7. The highest BCUT2D eigenvalue weighted by Gasteiger charge is 2.21. The van der Waals surface area contributed by atoms with E-state index >= 15 is 0 Å². The molecule has 0 N–H and O–H groups in total. The smallest absolute Gasteiger partial charge is 0.171 e. The first-order valence-electron chi connectivity index (χ1n) is 5.28. The molecule has 0 amide bonds. The number of carbonyl (C=O) groups excluding carboxylic acids is 1. The molecule has 0 aromatic carbocycles. The summed E-state index contributed by atoms with van der Waals surface area (Å²) < 4.78 is 0. The van der Waals surface area contributed by atoms with Crippen molar-refractivity contribution in [3.8, 4) is 0 Å². The third-order valence-corrected chi connectivity index (χ3v) is 5.49. The topological polar surface area (TPSA) is 30.0 Å². The molecule has 0 aliphatic carbocycles. The van der Waals surface area contributed by atoms with Crippen molar-refractivity contribution in [2.24, 2.45) is 0 Å². The highest BCUT2D eigenvalue weighted by atomic mass is 32.2. The summed E-state index contributed by atoms with van der Waals surface area (Å²) in [6.07, 6.45) is 3.84. The van der Waals surface area contributed by atoms with E-state index in [1.54, 1.807) is 18.3 Å². The van der Waals surface area contributed by atoms with Crippen LogP contribution in [0.15, 0.2) is 0 Å². The van der Waals surface area contributed by atoms with Crippen LogP contribution in [0.2, 0.25) is 0 Å². The normalized spacial score (nSPS) is 21.6. The van der Waals surface area contributed by atoms with Gasteiger partial charge in [-0.05, 0) is 25.5 Å². The van der Waals surface area contributed by atoms with Crippen LogP contribution < -0.4 is 0 Å². The van der Waals surface area contributed by atoms with E-state index in [-0.39, 0.29) is 5.78 Å². The van der Waals surface area contributed by atoms with Crippen molar-refractivity contribution in [1.29, 1.82) is 0 Å². The molecule has 2 rings (SSSR count). The molecule has 0 radical (unpaired) electrons. The zero-order chi connectivity index (χ0) is 10.8. The molecule has 2 nitrogen and oxygen atoms in total. The first kappa shape index (κ1) is 11.1. The lowest BCUT2D eigenvalue weighted by Gasteiger charge is -2.18. The third kappa shape index (κ3) is 2.42. The molecule has 1 unspecified atom stereocenters. The number of hydrogen-bond acceptors (Lipinski definition) is 4. The van der Waals surface area contributed by atoms with Crippen molar-refractivity contribution in [2.75, 3.05) is 5.75 Å². The second-order valence-electron chi connectivity index (χ2n) is 3.88. The fraction of sp³-hybridized carbons (Fsp3) is 0.636. The van der Waals surface area contributed by atoms with E-state index in [4.69, 9.17) is 0 Å². The summed E-state index contributed by atoms with van der Waals surface area (Å²) in [6, 6.07) is 0. The van der Waals surface area contributed by atoms with E-state index in [1.165, 1.54) is 25.0 Å². The zero-order valence-corrected chi connectivity index (χ0v) is 10.7. The van der Waals surface area contributed by atoms with Crippen LogP contribution >= 0.6 is 23.1 Å². The molecular weight excluding hydrogens is 226 g/mol. The van der Waals surface area contributed by atoms with Gasteiger partial charge in [-0.2, -0.15) is 11.8 Å². The number of carbonyl (C=O) groups is 1. The number of thioether (sulfide) groups is 1. The Morgan fingerprint density at radius 1 is 1.47 bits per heavy atom. The number of rotatable bonds is 2. The second kappa shape index (κ2) is 4.66. The highest BCUT2D eigenvalue weighted by molar-refractivity contribution is 7.99. The molecule has 1 saturated heterocycles. The quantitative estimate of drug-likeness (QED) is 0.741. The van der Waals surface area contributed by atoms with Crippen molar-refractivity contribution >= 4 is 28.9 Å². The van der Waals surface area contributed by atoms with Gasteiger partial charge in [0.1, 0.15) is 5.01 Å². The summed E-state index contributed by atoms with van der Waals surface area (Å²) in [5.41, 5.74) is 0.911. The number of ketones is 1. The standard InChI is InChI=1S/C11H15NOS2/c1-7-10(8(2)13)15-11(12-7)9-5-3-4-6-14-9/h9H,3-6H2,1-2H3. The van der Waals surface area contributed by atoms with Gasteiger partial charge in [-0.15, -0.1) is 11.3 Å². The summed E-state index contributed by atoms with van der Waals surface area (Å²) in [7, 11) is 0. The van der Waals surface area contributed by atoms with Crippen molar-refractivity contribution in [2.45, 2.75) is 38.4 Å². The van der Waals surface area contributed by atoms with E-state index in [0.717, 1.165) is 15.6 Å². The summed E-state index contributed by atoms with van der Waals surface area (Å²) >= 11 is 3.58. The Hall–Kier alpha value is -0.350. The van der Waals surface area contributed by atoms with Gasteiger partial charge < -0.3 is 0 Å². The van der Waals surface area contributed by atoms with Crippen LogP contribution in [0, 0.1) is 6.92 Å². The molecule has 2 heterocycles. The predicted molar refractivity (Wildman–Crippen MR) is 65.9 cm³/mol. The van der Waals surface area contributed by atoms with Crippen LogP contribution in [0.25, 0.3) is 0 Å². The summed E-state index contributed by atoms with van der Waals surface area (Å²) in [5.74, 6) is 1.38. The Kier molecular flexibility index (Phi) is 3.46. The van der Waals surface area contributed by atoms with Gasteiger partial charge in [-0.3, -0.25) is 4.79 Å². The number of nitrogens with zero attached hydrogens (tertiary/aromatic N) is 1. The zero-order valence-electron chi connectivity index (χ0n) is 9.08. The third-order valence-electron chi connectivity index (χ3n) is 2.59. The Bertz CT molecular complexity index is 367. The molecule has 1 aliphatic heterocycles. The van der Waals surface area contributed by atoms with Crippen molar-refractivity contribution in [3.63, 3.8) is 0 Å². The predicted octanol–water partition coefficient (Wildman–Crippen LogP) is 3.61. The van der Waals surface area contributed by atoms with Crippen LogP contribution in [0.3, 0.4) is 0 Å². The minimum Gasteiger partial charge on any atom is -0.294 e. The lowest BCUT2D eigenvalue weighted by molar-refractivity contribution is 0.102. The lowest BCUT2D eigenvalue weighted by atomic mass is 10.2. The van der Waals surface area contributed by atoms with Gasteiger partial charge in [-0.1, -0.05) is 6.42 Å². The molecule has 1 fully saturated rings. The van der Waals surface area contributed by atoms with Crippen molar-refractivity contribution in [3.05, 3.63) is 15.6 Å². The van der Waals surface area contributed by atoms with Gasteiger partial charge in [0, 0.05) is 6.92 Å². The second-order valence-corrected chi connectivity index (χ2v) is 6.22. The molecular formula is C11H15NOS2. The largest absolute Gasteiger partial charge is 0.294 e. The van der Waals surface area contributed by atoms with E-state index in [1.807, 2.05) is 18.7 Å². The van der Waals surface area contributed by atoms with Gasteiger partial charge in [0.2, 0.25) is 0 Å². The molecule has 0 saturated carbocycles. The van der Waals surface area contributed by atoms with Gasteiger partial charge >= 0.3 is 0 Å². The monoisotopic (exact) mass is 241 g/mol. The average molecular weight is 241 g/mol. The van der Waals surface area contributed by atoms with E-state index in [2.05, 4.69) is 4.98 Å². The number of aryl methyl sites for hydroxylation is 1. The van der Waals surface area contributed by atoms with Crippen LogP contribution in [0.1, 0.15) is 51.8 Å². The fourth-order valence-electron chi connectivity index (χ4n) is 1.82. The fourth-order valence-corrected chi connectivity index (χ4v) is 4.33. The van der Waals surface area contributed by atoms with E-state index < -0.39 is 0 Å². The Morgan fingerprint density at radius 3 is 2.80 bits per heavy atom. The summed E-state index contributed by atoms with van der Waals surface area (Å²) in [5, 5.41) is 1.69. The van der Waals surface area contributed by atoms with Crippen LogP contribution in [-0.2, 0) is 0 Å². The molecule has 1 aromatic rings. The van der Waals surface area contributed by atoms with Gasteiger partial charge in [0.25, 0.3) is 0 Å². The molecule has 82 valence electrons. The maximum Gasteiger partial charge on any atom is 0.171 e. The van der Waals surface area contributed by atoms with Gasteiger partial charge in [0.05, 0.1) is 15.8 Å². The minimum absolute atomic E-state index is 0.150. The lowest BCUT2D eigenvalue weighted by Crippen LogP contribution is -2.01. The average Bonchev–Trinajstić information content (AvgIpc) is 2.62. The highest BCUT2D eigenvalue weighted by Crippen LogP contribution is 2.40. The van der Waals surface area contributed by atoms with Gasteiger partial charge in [0.15, 0.2) is 5.78 Å². The number of Topliss-reactive ketones (excluding diaryl/α,β-unsaturated/α-hetero) is 1. The maximum atomic E-state index is 11.3. The first-order chi connectivity index (χ1) is 7.18. The SMILES string of the molecule is CC(=O)c1sc(C2CCCCS2)nc1C. The molecule has 1 aromatic heterocycles. The molecule has 1 atom stereocenters. The summed E-state index contributed by atoms with van der Waals surface area (Å²) in [6.45, 7) is 3.56. The Balaban J connectivity index is 2.21. The number of aromatic nitrogens is 1. The first-order valence-corrected chi connectivity index (χ1v) is 7.15. The number of thiazole rings is 1. The minimum atomic E-state index is 0.150. The molecule has 0 spiro atoms. The van der Waals surface area contributed by atoms with Crippen LogP contribution in [0.5, 0.6) is 0 Å². The van der Waals surface area contributed by atoms with E-state index in [9.17, 15) is 4.79 Å². The van der Waals surface area contributed by atoms with Crippen molar-refractivity contribution < 1.29 is 4.79 Å². The Labute approximate surface area is 98.5 Å². The van der Waals surface area contributed by atoms with Crippen LogP contribution in [0.4, 0.5) is 0 Å². The number of hydrogen-bond donors (Lipinski definition) is 0. The van der Waals surface area contributed by atoms with Crippen LogP contribution in [-0.4, -0.2) is 16.5 Å². The van der Waals surface area contributed by atoms with E-state index in [0.29, 0.717) is 5.25 Å². The maximum absolute atomic E-state index is 11.3. The van der Waals surface area contributed by atoms with Crippen molar-refractivity contribution in [1.82, 2.24) is 4.98 Å². The molecule has 1 aliphatic rings. The molecule has 0 bridgehead atoms. The Morgan fingerprint density at radius 2 is 2.27 bits per heavy atom. The molecule has 15 heavy (non-hydrogen) atoms. The van der Waals surface area contributed by atoms with Gasteiger partial charge in [-0.25, -0.2) is 4.98 Å². The molecule has 4 heteroatoms.